The van der Waals surface area contributed by atoms with Gasteiger partial charge in [-0.25, -0.2) is 4.68 Å². The summed E-state index contributed by atoms with van der Waals surface area (Å²) in [6.07, 6.45) is 3.26. The van der Waals surface area contributed by atoms with Crippen molar-refractivity contribution in [2.75, 3.05) is 0 Å². The molecule has 0 atom stereocenters. The number of nitrogens with zero attached hydrogens (tertiary/aromatic N) is 2. The summed E-state index contributed by atoms with van der Waals surface area (Å²) in [5.41, 5.74) is 6.44. The van der Waals surface area contributed by atoms with Gasteiger partial charge in [-0.05, 0) is 60.2 Å². The summed E-state index contributed by atoms with van der Waals surface area (Å²) >= 11 is 12.4. The van der Waals surface area contributed by atoms with Crippen molar-refractivity contribution in [1.29, 1.82) is 0 Å². The van der Waals surface area contributed by atoms with Gasteiger partial charge in [-0.1, -0.05) is 102 Å². The number of hydrogen-bond donors (Lipinski definition) is 0. The van der Waals surface area contributed by atoms with E-state index in [9.17, 15) is 4.79 Å². The molecule has 0 amide bonds. The molecule has 194 valence electrons. The highest BCUT2D eigenvalue weighted by atomic mass is 35.5. The summed E-state index contributed by atoms with van der Waals surface area (Å²) in [5, 5.41) is 5.96. The summed E-state index contributed by atoms with van der Waals surface area (Å²) in [5.74, 6) is 0.452. The van der Waals surface area contributed by atoms with E-state index in [1.54, 1.807) is 36.4 Å². The molecule has 6 aromatic rings. The average Bonchev–Trinajstić information content (AvgIpc) is 3.67. The monoisotopic (exact) mass is 560 g/mol. The maximum atomic E-state index is 12.8. The highest BCUT2D eigenvalue weighted by Gasteiger charge is 2.14. The molecule has 0 saturated carbocycles. The van der Waals surface area contributed by atoms with Gasteiger partial charge in [0.1, 0.15) is 5.76 Å². The van der Waals surface area contributed by atoms with Crippen LogP contribution in [-0.4, -0.2) is 15.6 Å². The third-order valence-electron chi connectivity index (χ3n) is 6.46. The minimum absolute atomic E-state index is 0.219. The molecule has 4 aromatic carbocycles. The van der Waals surface area contributed by atoms with E-state index in [1.165, 1.54) is 6.08 Å². The molecule has 40 heavy (non-hydrogen) atoms. The summed E-state index contributed by atoms with van der Waals surface area (Å²) in [6, 6.07) is 38.8. The van der Waals surface area contributed by atoms with Crippen molar-refractivity contribution >= 4 is 35.1 Å². The number of carbonyl (C=O) groups excluding carboxylic acids is 1. The van der Waals surface area contributed by atoms with Crippen LogP contribution in [0.25, 0.3) is 45.6 Å². The van der Waals surface area contributed by atoms with Crippen LogP contribution in [0.2, 0.25) is 10.0 Å². The zero-order chi connectivity index (χ0) is 27.5. The van der Waals surface area contributed by atoms with Crippen molar-refractivity contribution in [3.05, 3.63) is 149 Å². The first kappa shape index (κ1) is 25.6. The van der Waals surface area contributed by atoms with E-state index in [2.05, 4.69) is 30.3 Å². The summed E-state index contributed by atoms with van der Waals surface area (Å²) in [6.45, 7) is 0. The fourth-order valence-electron chi connectivity index (χ4n) is 4.42. The lowest BCUT2D eigenvalue weighted by Gasteiger charge is -2.08. The van der Waals surface area contributed by atoms with Crippen LogP contribution >= 0.6 is 23.2 Å². The third-order valence-corrected chi connectivity index (χ3v) is 7.02. The Kier molecular flexibility index (Phi) is 7.19. The molecule has 0 aliphatic rings. The van der Waals surface area contributed by atoms with Gasteiger partial charge in [0.05, 0.1) is 22.1 Å². The highest BCUT2D eigenvalue weighted by molar-refractivity contribution is 6.35. The van der Waals surface area contributed by atoms with Crippen LogP contribution in [0.15, 0.2) is 132 Å². The van der Waals surface area contributed by atoms with E-state index in [4.69, 9.17) is 32.7 Å². The zero-order valence-electron chi connectivity index (χ0n) is 21.2. The van der Waals surface area contributed by atoms with Crippen molar-refractivity contribution in [1.82, 2.24) is 9.78 Å². The number of ketones is 1. The molecule has 0 N–H and O–H groups in total. The van der Waals surface area contributed by atoms with Crippen LogP contribution in [0.1, 0.15) is 16.1 Å². The lowest BCUT2D eigenvalue weighted by Crippen LogP contribution is -1.99. The van der Waals surface area contributed by atoms with Gasteiger partial charge in [-0.2, -0.15) is 5.10 Å². The second kappa shape index (κ2) is 11.2. The van der Waals surface area contributed by atoms with Gasteiger partial charge in [-0.3, -0.25) is 4.79 Å². The normalized spacial score (nSPS) is 11.2. The fourth-order valence-corrected chi connectivity index (χ4v) is 4.81. The molecule has 2 heterocycles. The fraction of sp³-hybridized carbons (Fsp3) is 0. The lowest BCUT2D eigenvalue weighted by atomic mass is 10.1. The van der Waals surface area contributed by atoms with E-state index in [0.717, 1.165) is 33.8 Å². The molecule has 4 nitrogen and oxygen atoms in total. The van der Waals surface area contributed by atoms with Crippen LogP contribution in [0.4, 0.5) is 0 Å². The smallest absolute Gasteiger partial charge is 0.221 e. The number of aromatic nitrogens is 2. The molecule has 0 aliphatic carbocycles. The van der Waals surface area contributed by atoms with E-state index in [-0.39, 0.29) is 11.5 Å². The van der Waals surface area contributed by atoms with E-state index < -0.39 is 0 Å². The second-order valence-corrected chi connectivity index (χ2v) is 9.98. The van der Waals surface area contributed by atoms with Crippen molar-refractivity contribution < 1.29 is 9.21 Å². The van der Waals surface area contributed by atoms with Crippen molar-refractivity contribution in [2.45, 2.75) is 0 Å². The van der Waals surface area contributed by atoms with Gasteiger partial charge in [0.2, 0.25) is 5.78 Å². The second-order valence-electron chi connectivity index (χ2n) is 9.14. The molecule has 0 fully saturated rings. The molecule has 0 saturated heterocycles. The standard InChI is InChI=1S/C34H22Cl2N2O2/c35-26-14-17-29(36)28(21-26)33-19-20-34(40-33)32(39)18-13-23-11-15-27(16-12-23)38-31(25-9-5-2-6-10-25)22-30(37-38)24-7-3-1-4-8-24/h1-22H. The highest BCUT2D eigenvalue weighted by Crippen LogP contribution is 2.32. The minimum Gasteiger partial charge on any atom is -0.453 e. The average molecular weight is 561 g/mol. The first-order valence-corrected chi connectivity index (χ1v) is 13.4. The van der Waals surface area contributed by atoms with Gasteiger partial charge in [0.15, 0.2) is 5.76 Å². The Hall–Kier alpha value is -4.64. The minimum atomic E-state index is -0.251. The van der Waals surface area contributed by atoms with Crippen LogP contribution in [0.3, 0.4) is 0 Å². The van der Waals surface area contributed by atoms with Gasteiger partial charge < -0.3 is 4.42 Å². The number of allylic oxidation sites excluding steroid dienone is 1. The number of hydrogen-bond acceptors (Lipinski definition) is 3. The van der Waals surface area contributed by atoms with E-state index >= 15 is 0 Å². The maximum absolute atomic E-state index is 12.8. The number of rotatable bonds is 7. The summed E-state index contributed by atoms with van der Waals surface area (Å²) in [7, 11) is 0. The molecule has 2 aromatic heterocycles. The van der Waals surface area contributed by atoms with Gasteiger partial charge >= 0.3 is 0 Å². The number of carbonyl (C=O) groups is 1. The van der Waals surface area contributed by atoms with Crippen molar-refractivity contribution in [2.24, 2.45) is 0 Å². The molecule has 0 radical (unpaired) electrons. The molecule has 0 unspecified atom stereocenters. The zero-order valence-corrected chi connectivity index (χ0v) is 22.7. The Morgan fingerprint density at radius 2 is 1.45 bits per heavy atom. The molecule has 0 spiro atoms. The maximum Gasteiger partial charge on any atom is 0.221 e. The molecular weight excluding hydrogens is 539 g/mol. The Labute approximate surface area is 241 Å². The first-order valence-electron chi connectivity index (χ1n) is 12.6. The van der Waals surface area contributed by atoms with Crippen LogP contribution < -0.4 is 0 Å². The van der Waals surface area contributed by atoms with Crippen LogP contribution in [0, 0.1) is 0 Å². The number of furan rings is 1. The first-order chi connectivity index (χ1) is 19.5. The molecule has 0 bridgehead atoms. The molecule has 6 heteroatoms. The predicted octanol–water partition coefficient (Wildman–Crippen LogP) is 9.67. The number of benzene rings is 4. The number of halogens is 2. The molecular formula is C34H22Cl2N2O2. The van der Waals surface area contributed by atoms with Crippen molar-refractivity contribution in [3.63, 3.8) is 0 Å². The summed E-state index contributed by atoms with van der Waals surface area (Å²) in [4.78, 5) is 12.8. The van der Waals surface area contributed by atoms with E-state index in [0.29, 0.717) is 21.4 Å². The Morgan fingerprint density at radius 1 is 0.750 bits per heavy atom. The Morgan fingerprint density at radius 3 is 2.17 bits per heavy atom. The topological polar surface area (TPSA) is 48.0 Å². The quantitative estimate of drug-likeness (QED) is 0.144. The lowest BCUT2D eigenvalue weighted by molar-refractivity contribution is 0.102. The van der Waals surface area contributed by atoms with Gasteiger partial charge in [0.25, 0.3) is 0 Å². The summed E-state index contributed by atoms with van der Waals surface area (Å²) < 4.78 is 7.72. The molecule has 0 aliphatic heterocycles. The van der Waals surface area contributed by atoms with Crippen LogP contribution in [0.5, 0.6) is 0 Å². The predicted molar refractivity (Wildman–Crippen MR) is 162 cm³/mol. The van der Waals surface area contributed by atoms with Crippen LogP contribution in [-0.2, 0) is 0 Å². The largest absolute Gasteiger partial charge is 0.453 e. The SMILES string of the molecule is O=C(C=Cc1ccc(-n2nc(-c3ccccc3)cc2-c2ccccc2)cc1)c1ccc(-c2cc(Cl)ccc2Cl)o1. The van der Waals surface area contributed by atoms with E-state index in [1.807, 2.05) is 65.3 Å². The Bertz CT molecular complexity index is 1820. The van der Waals surface area contributed by atoms with Gasteiger partial charge in [0, 0.05) is 21.7 Å². The third kappa shape index (κ3) is 5.41. The Balaban J connectivity index is 1.24. The molecule has 6 rings (SSSR count). The van der Waals surface area contributed by atoms with Gasteiger partial charge in [-0.15, -0.1) is 0 Å². The van der Waals surface area contributed by atoms with Crippen molar-refractivity contribution in [3.8, 4) is 39.5 Å².